The van der Waals surface area contributed by atoms with Crippen molar-refractivity contribution < 1.29 is 4.74 Å². The number of nitrogens with one attached hydrogen (secondary N) is 2. The number of methoxy groups -OCH3 is 1. The highest BCUT2D eigenvalue weighted by Crippen LogP contribution is 2.22. The van der Waals surface area contributed by atoms with Crippen molar-refractivity contribution in [1.82, 2.24) is 9.97 Å². The Morgan fingerprint density at radius 2 is 2.15 bits per heavy atom. The summed E-state index contributed by atoms with van der Waals surface area (Å²) in [7, 11) is 1.66. The van der Waals surface area contributed by atoms with Gasteiger partial charge in [-0.15, -0.1) is 0 Å². The molecule has 1 aromatic heterocycles. The fraction of sp³-hybridized carbons (Fsp3) is 0.286. The molecule has 1 aromatic carbocycles. The molecule has 0 radical (unpaired) electrons. The first-order valence-corrected chi connectivity index (χ1v) is 6.66. The van der Waals surface area contributed by atoms with Gasteiger partial charge in [0.05, 0.1) is 6.61 Å². The summed E-state index contributed by atoms with van der Waals surface area (Å²) in [6.07, 6.45) is 1.69. The Morgan fingerprint density at radius 1 is 1.30 bits per heavy atom. The van der Waals surface area contributed by atoms with E-state index in [1.807, 2.05) is 31.2 Å². The maximum atomic E-state index is 6.09. The van der Waals surface area contributed by atoms with Gasteiger partial charge in [0.1, 0.15) is 5.82 Å². The van der Waals surface area contributed by atoms with Gasteiger partial charge < -0.3 is 15.4 Å². The zero-order valence-corrected chi connectivity index (χ0v) is 12.2. The molecule has 0 bridgehead atoms. The zero-order chi connectivity index (χ0) is 14.4. The maximum absolute atomic E-state index is 6.09. The lowest BCUT2D eigenvalue weighted by atomic mass is 10.2. The largest absolute Gasteiger partial charge is 0.383 e. The molecule has 0 aliphatic heterocycles. The average molecular weight is 293 g/mol. The first-order valence-electron chi connectivity index (χ1n) is 6.28. The summed E-state index contributed by atoms with van der Waals surface area (Å²) in [6.45, 7) is 3.28. The van der Waals surface area contributed by atoms with Gasteiger partial charge >= 0.3 is 0 Å². The lowest BCUT2D eigenvalue weighted by Crippen LogP contribution is -2.09. The Bertz CT molecular complexity index is 577. The predicted molar refractivity (Wildman–Crippen MR) is 81.9 cm³/mol. The number of aromatic nitrogens is 2. The standard InChI is InChI=1S/C14H17ClN4O/c1-10-3-4-11(9-12(10)15)18-14-17-6-5-13(19-14)16-7-8-20-2/h3-6,9H,7-8H2,1-2H3,(H2,16,17,18,19). The van der Waals surface area contributed by atoms with Crippen LogP contribution in [-0.4, -0.2) is 30.2 Å². The molecule has 0 fully saturated rings. The van der Waals surface area contributed by atoms with Crippen molar-refractivity contribution in [2.24, 2.45) is 0 Å². The van der Waals surface area contributed by atoms with Gasteiger partial charge in [0.25, 0.3) is 0 Å². The third-order valence-electron chi connectivity index (χ3n) is 2.70. The minimum Gasteiger partial charge on any atom is -0.383 e. The van der Waals surface area contributed by atoms with Gasteiger partial charge in [-0.1, -0.05) is 17.7 Å². The molecule has 0 saturated carbocycles. The third kappa shape index (κ3) is 4.08. The van der Waals surface area contributed by atoms with Gasteiger partial charge in [0, 0.05) is 30.6 Å². The molecule has 106 valence electrons. The van der Waals surface area contributed by atoms with Crippen molar-refractivity contribution in [2.45, 2.75) is 6.92 Å². The first-order chi connectivity index (χ1) is 9.69. The summed E-state index contributed by atoms with van der Waals surface area (Å²) >= 11 is 6.09. The highest BCUT2D eigenvalue weighted by Gasteiger charge is 2.02. The smallest absolute Gasteiger partial charge is 0.229 e. The highest BCUT2D eigenvalue weighted by molar-refractivity contribution is 6.31. The summed E-state index contributed by atoms with van der Waals surface area (Å²) in [4.78, 5) is 8.54. The molecular formula is C14H17ClN4O. The van der Waals surface area contributed by atoms with Crippen molar-refractivity contribution in [3.05, 3.63) is 41.0 Å². The molecular weight excluding hydrogens is 276 g/mol. The molecule has 2 aromatic rings. The lowest BCUT2D eigenvalue weighted by Gasteiger charge is -2.09. The predicted octanol–water partition coefficient (Wildman–Crippen LogP) is 3.24. The molecule has 5 nitrogen and oxygen atoms in total. The number of aryl methyl sites for hydroxylation is 1. The van der Waals surface area contributed by atoms with E-state index in [0.717, 1.165) is 17.1 Å². The van der Waals surface area contributed by atoms with Crippen LogP contribution in [0.1, 0.15) is 5.56 Å². The molecule has 2 N–H and O–H groups in total. The fourth-order valence-electron chi connectivity index (χ4n) is 1.60. The average Bonchev–Trinajstić information content (AvgIpc) is 2.44. The number of ether oxygens (including phenoxy) is 1. The summed E-state index contributed by atoms with van der Waals surface area (Å²) in [5.41, 5.74) is 1.89. The van der Waals surface area contributed by atoms with Gasteiger partial charge in [-0.25, -0.2) is 4.98 Å². The molecule has 20 heavy (non-hydrogen) atoms. The zero-order valence-electron chi connectivity index (χ0n) is 11.5. The molecule has 0 spiro atoms. The van der Waals surface area contributed by atoms with Crippen molar-refractivity contribution >= 4 is 29.1 Å². The second-order valence-corrected chi connectivity index (χ2v) is 4.68. The van der Waals surface area contributed by atoms with Crippen molar-refractivity contribution in [2.75, 3.05) is 30.9 Å². The van der Waals surface area contributed by atoms with E-state index in [2.05, 4.69) is 20.6 Å². The van der Waals surface area contributed by atoms with E-state index in [1.165, 1.54) is 0 Å². The summed E-state index contributed by atoms with van der Waals surface area (Å²) in [5.74, 6) is 1.27. The number of benzene rings is 1. The third-order valence-corrected chi connectivity index (χ3v) is 3.10. The maximum Gasteiger partial charge on any atom is 0.229 e. The van der Waals surface area contributed by atoms with Crippen molar-refractivity contribution in [3.63, 3.8) is 0 Å². The Morgan fingerprint density at radius 3 is 2.90 bits per heavy atom. The van der Waals surface area contributed by atoms with Gasteiger partial charge in [-0.05, 0) is 30.7 Å². The van der Waals surface area contributed by atoms with Crippen molar-refractivity contribution in [3.8, 4) is 0 Å². The topological polar surface area (TPSA) is 59.1 Å². The second kappa shape index (κ2) is 7.07. The molecule has 0 unspecified atom stereocenters. The molecule has 0 saturated heterocycles. The molecule has 0 aliphatic carbocycles. The van der Waals surface area contributed by atoms with Gasteiger partial charge in [-0.2, -0.15) is 4.98 Å². The van der Waals surface area contributed by atoms with Crippen LogP contribution in [0.2, 0.25) is 5.02 Å². The Labute approximate surface area is 123 Å². The van der Waals surface area contributed by atoms with E-state index in [4.69, 9.17) is 16.3 Å². The Kier molecular flexibility index (Phi) is 5.15. The van der Waals surface area contributed by atoms with Crippen LogP contribution < -0.4 is 10.6 Å². The number of anilines is 3. The quantitative estimate of drug-likeness (QED) is 0.801. The number of halogens is 1. The molecule has 0 atom stereocenters. The van der Waals surface area contributed by atoms with Crippen LogP contribution in [0.25, 0.3) is 0 Å². The van der Waals surface area contributed by atoms with Crippen LogP contribution in [0.3, 0.4) is 0 Å². The molecule has 2 rings (SSSR count). The normalized spacial score (nSPS) is 10.3. The minimum atomic E-state index is 0.521. The molecule has 6 heteroatoms. The fourth-order valence-corrected chi connectivity index (χ4v) is 1.78. The highest BCUT2D eigenvalue weighted by atomic mass is 35.5. The SMILES string of the molecule is COCCNc1ccnc(Nc2ccc(C)c(Cl)c2)n1. The van der Waals surface area contributed by atoms with E-state index in [-0.39, 0.29) is 0 Å². The van der Waals surface area contributed by atoms with Crippen LogP contribution in [0.4, 0.5) is 17.5 Å². The van der Waals surface area contributed by atoms with Gasteiger partial charge in [0.2, 0.25) is 5.95 Å². The lowest BCUT2D eigenvalue weighted by molar-refractivity contribution is 0.210. The van der Waals surface area contributed by atoms with Crippen LogP contribution in [0, 0.1) is 6.92 Å². The number of nitrogens with zero attached hydrogens (tertiary/aromatic N) is 2. The van der Waals surface area contributed by atoms with Crippen LogP contribution >= 0.6 is 11.6 Å². The number of hydrogen-bond acceptors (Lipinski definition) is 5. The minimum absolute atomic E-state index is 0.521. The molecule has 1 heterocycles. The Hall–Kier alpha value is -1.85. The van der Waals surface area contributed by atoms with E-state index < -0.39 is 0 Å². The number of hydrogen-bond donors (Lipinski definition) is 2. The van der Waals surface area contributed by atoms with Crippen LogP contribution in [0.5, 0.6) is 0 Å². The van der Waals surface area contributed by atoms with Crippen LogP contribution in [0.15, 0.2) is 30.5 Å². The van der Waals surface area contributed by atoms with Crippen molar-refractivity contribution in [1.29, 1.82) is 0 Å². The van der Waals surface area contributed by atoms with Gasteiger partial charge in [-0.3, -0.25) is 0 Å². The van der Waals surface area contributed by atoms with Crippen LogP contribution in [-0.2, 0) is 4.74 Å². The molecule has 0 aliphatic rings. The number of rotatable bonds is 6. The van der Waals surface area contributed by atoms with E-state index in [1.54, 1.807) is 13.3 Å². The van der Waals surface area contributed by atoms with E-state index in [0.29, 0.717) is 24.1 Å². The van der Waals surface area contributed by atoms with E-state index in [9.17, 15) is 0 Å². The summed E-state index contributed by atoms with van der Waals surface area (Å²) in [6, 6.07) is 7.55. The second-order valence-electron chi connectivity index (χ2n) is 4.27. The molecule has 0 amide bonds. The first kappa shape index (κ1) is 14.6. The summed E-state index contributed by atoms with van der Waals surface area (Å²) < 4.78 is 4.98. The Balaban J connectivity index is 2.05. The van der Waals surface area contributed by atoms with Gasteiger partial charge in [0.15, 0.2) is 0 Å². The monoisotopic (exact) mass is 292 g/mol. The summed E-state index contributed by atoms with van der Waals surface area (Å²) in [5, 5.41) is 6.99. The van der Waals surface area contributed by atoms with E-state index >= 15 is 0 Å².